The quantitative estimate of drug-likeness (QED) is 0.777. The molecule has 0 aliphatic carbocycles. The van der Waals surface area contributed by atoms with Gasteiger partial charge in [-0.15, -0.1) is 0 Å². The zero-order valence-corrected chi connectivity index (χ0v) is 16.8. The number of urea groups is 1. The van der Waals surface area contributed by atoms with E-state index in [9.17, 15) is 13.2 Å². The van der Waals surface area contributed by atoms with Crippen LogP contribution in [-0.4, -0.2) is 36.8 Å². The maximum absolute atomic E-state index is 13.0. The Morgan fingerprint density at radius 1 is 1.11 bits per heavy atom. The molecule has 1 aliphatic heterocycles. The number of aromatic nitrogens is 1. The van der Waals surface area contributed by atoms with Crippen LogP contribution in [0.4, 0.5) is 4.79 Å². The summed E-state index contributed by atoms with van der Waals surface area (Å²) in [6, 6.07) is 11.7. The number of hydrogen-bond donors (Lipinski definition) is 2. The predicted octanol–water partition coefficient (Wildman–Crippen LogP) is 2.82. The van der Waals surface area contributed by atoms with Gasteiger partial charge in [-0.1, -0.05) is 30.7 Å². The van der Waals surface area contributed by atoms with Crippen molar-refractivity contribution >= 4 is 16.1 Å². The molecule has 1 unspecified atom stereocenters. The Labute approximate surface area is 166 Å². The third-order valence-corrected chi connectivity index (χ3v) is 6.82. The standard InChI is InChI=1S/C20H26N4O3S/c1-16(18-10-5-6-12-21-18)23-20(25)22-15-17-9-3-4-11-19(17)28(26,27)24-13-7-2-8-14-24/h3-6,9-12,16H,2,7-8,13-15H2,1H3,(H2,22,23,25). The van der Waals surface area contributed by atoms with Crippen LogP contribution < -0.4 is 10.6 Å². The summed E-state index contributed by atoms with van der Waals surface area (Å²) >= 11 is 0. The van der Waals surface area contributed by atoms with E-state index < -0.39 is 10.0 Å². The molecule has 0 radical (unpaired) electrons. The molecule has 2 heterocycles. The molecule has 0 spiro atoms. The molecule has 3 rings (SSSR count). The summed E-state index contributed by atoms with van der Waals surface area (Å²) in [5.74, 6) is 0. The van der Waals surface area contributed by atoms with Crippen molar-refractivity contribution in [2.45, 2.75) is 43.7 Å². The number of nitrogens with one attached hydrogen (secondary N) is 2. The molecule has 0 saturated carbocycles. The van der Waals surface area contributed by atoms with Crippen molar-refractivity contribution in [3.8, 4) is 0 Å². The highest BCUT2D eigenvalue weighted by Crippen LogP contribution is 2.23. The number of amides is 2. The second-order valence-corrected chi connectivity index (χ2v) is 8.78. The lowest BCUT2D eigenvalue weighted by Gasteiger charge is -2.27. The topological polar surface area (TPSA) is 91.4 Å². The summed E-state index contributed by atoms with van der Waals surface area (Å²) in [4.78, 5) is 16.7. The van der Waals surface area contributed by atoms with Gasteiger partial charge in [0.05, 0.1) is 16.6 Å². The summed E-state index contributed by atoms with van der Waals surface area (Å²) in [6.07, 6.45) is 4.50. The van der Waals surface area contributed by atoms with Crippen LogP contribution in [0.25, 0.3) is 0 Å². The first-order valence-corrected chi connectivity index (χ1v) is 11.0. The Hall–Kier alpha value is -2.45. The molecule has 28 heavy (non-hydrogen) atoms. The van der Waals surface area contributed by atoms with Crippen molar-refractivity contribution in [1.82, 2.24) is 19.9 Å². The predicted molar refractivity (Wildman–Crippen MR) is 107 cm³/mol. The Bertz CT molecular complexity index is 897. The molecule has 2 N–H and O–H groups in total. The van der Waals surface area contributed by atoms with Gasteiger partial charge in [0, 0.05) is 25.8 Å². The van der Waals surface area contributed by atoms with E-state index >= 15 is 0 Å². The highest BCUT2D eigenvalue weighted by Gasteiger charge is 2.27. The fourth-order valence-electron chi connectivity index (χ4n) is 3.28. The first kappa shape index (κ1) is 20.3. The molecule has 150 valence electrons. The largest absolute Gasteiger partial charge is 0.334 e. The van der Waals surface area contributed by atoms with Crippen molar-refractivity contribution in [2.24, 2.45) is 0 Å². The van der Waals surface area contributed by atoms with Crippen molar-refractivity contribution in [3.63, 3.8) is 0 Å². The molecule has 1 aliphatic rings. The van der Waals surface area contributed by atoms with Gasteiger partial charge in [-0.3, -0.25) is 4.98 Å². The molecule has 1 aromatic heterocycles. The second-order valence-electron chi connectivity index (χ2n) is 6.88. The maximum atomic E-state index is 13.0. The number of benzene rings is 1. The van der Waals surface area contributed by atoms with Crippen LogP contribution in [0.1, 0.15) is 43.5 Å². The van der Waals surface area contributed by atoms with Crippen molar-refractivity contribution in [3.05, 3.63) is 59.9 Å². The molecule has 7 nitrogen and oxygen atoms in total. The summed E-state index contributed by atoms with van der Waals surface area (Å²) in [6.45, 7) is 3.07. The normalized spacial score (nSPS) is 16.3. The van der Waals surface area contributed by atoms with Gasteiger partial charge in [0.25, 0.3) is 0 Å². The van der Waals surface area contributed by atoms with Crippen LogP contribution >= 0.6 is 0 Å². The molecule has 1 aromatic carbocycles. The van der Waals surface area contributed by atoms with Crippen LogP contribution in [0.15, 0.2) is 53.6 Å². The summed E-state index contributed by atoms with van der Waals surface area (Å²) < 4.78 is 27.5. The van der Waals surface area contributed by atoms with E-state index in [-0.39, 0.29) is 23.5 Å². The third kappa shape index (κ3) is 4.88. The molecule has 0 bridgehead atoms. The Morgan fingerprint density at radius 2 is 1.82 bits per heavy atom. The summed E-state index contributed by atoms with van der Waals surface area (Å²) in [7, 11) is -3.55. The fraction of sp³-hybridized carbons (Fsp3) is 0.400. The zero-order valence-electron chi connectivity index (χ0n) is 16.0. The Morgan fingerprint density at radius 3 is 2.54 bits per heavy atom. The monoisotopic (exact) mass is 402 g/mol. The highest BCUT2D eigenvalue weighted by atomic mass is 32.2. The first-order valence-electron chi connectivity index (χ1n) is 9.52. The zero-order chi connectivity index (χ0) is 20.0. The number of piperidine rings is 1. The van der Waals surface area contributed by atoms with E-state index in [2.05, 4.69) is 15.6 Å². The van der Waals surface area contributed by atoms with E-state index in [4.69, 9.17) is 0 Å². The van der Waals surface area contributed by atoms with Gasteiger partial charge in [0.1, 0.15) is 0 Å². The minimum atomic E-state index is -3.55. The average molecular weight is 403 g/mol. The minimum Gasteiger partial charge on any atom is -0.334 e. The number of pyridine rings is 1. The SMILES string of the molecule is CC(NC(=O)NCc1ccccc1S(=O)(=O)N1CCCCC1)c1ccccn1. The van der Waals surface area contributed by atoms with Crippen LogP contribution in [-0.2, 0) is 16.6 Å². The van der Waals surface area contributed by atoms with Gasteiger partial charge < -0.3 is 10.6 Å². The summed E-state index contributed by atoms with van der Waals surface area (Å²) in [5.41, 5.74) is 1.33. The molecule has 1 saturated heterocycles. The summed E-state index contributed by atoms with van der Waals surface area (Å²) in [5, 5.41) is 5.57. The third-order valence-electron chi connectivity index (χ3n) is 4.82. The molecule has 1 atom stereocenters. The minimum absolute atomic E-state index is 0.129. The first-order chi connectivity index (χ1) is 13.5. The molecule has 2 amide bonds. The van der Waals surface area contributed by atoms with Crippen molar-refractivity contribution in [2.75, 3.05) is 13.1 Å². The van der Waals surface area contributed by atoms with Crippen LogP contribution in [0.3, 0.4) is 0 Å². The van der Waals surface area contributed by atoms with Gasteiger partial charge >= 0.3 is 6.03 Å². The average Bonchev–Trinajstić information content (AvgIpc) is 2.73. The van der Waals surface area contributed by atoms with E-state index in [0.29, 0.717) is 18.7 Å². The van der Waals surface area contributed by atoms with Crippen LogP contribution in [0, 0.1) is 0 Å². The van der Waals surface area contributed by atoms with Gasteiger partial charge in [-0.05, 0) is 43.5 Å². The maximum Gasteiger partial charge on any atom is 0.315 e. The Balaban J connectivity index is 1.66. The lowest BCUT2D eigenvalue weighted by atomic mass is 10.2. The number of carbonyl (C=O) groups excluding carboxylic acids is 1. The van der Waals surface area contributed by atoms with Gasteiger partial charge in [-0.25, -0.2) is 13.2 Å². The number of carbonyl (C=O) groups is 1. The smallest absolute Gasteiger partial charge is 0.315 e. The van der Waals surface area contributed by atoms with E-state index in [1.165, 1.54) is 0 Å². The van der Waals surface area contributed by atoms with Gasteiger partial charge in [-0.2, -0.15) is 4.31 Å². The lowest BCUT2D eigenvalue weighted by Crippen LogP contribution is -2.38. The Kier molecular flexibility index (Phi) is 6.64. The highest BCUT2D eigenvalue weighted by molar-refractivity contribution is 7.89. The molecular formula is C20H26N4O3S. The second kappa shape index (κ2) is 9.16. The van der Waals surface area contributed by atoms with E-state index in [0.717, 1.165) is 25.0 Å². The fourth-order valence-corrected chi connectivity index (χ4v) is 5.01. The van der Waals surface area contributed by atoms with Crippen LogP contribution in [0.5, 0.6) is 0 Å². The molecule has 8 heteroatoms. The van der Waals surface area contributed by atoms with Gasteiger partial charge in [0.2, 0.25) is 10.0 Å². The lowest BCUT2D eigenvalue weighted by molar-refractivity contribution is 0.237. The van der Waals surface area contributed by atoms with Gasteiger partial charge in [0.15, 0.2) is 0 Å². The van der Waals surface area contributed by atoms with Crippen LogP contribution in [0.2, 0.25) is 0 Å². The number of nitrogens with zero attached hydrogens (tertiary/aromatic N) is 2. The molecule has 1 fully saturated rings. The van der Waals surface area contributed by atoms with E-state index in [1.807, 2.05) is 25.1 Å². The van der Waals surface area contributed by atoms with Crippen molar-refractivity contribution in [1.29, 1.82) is 0 Å². The number of sulfonamides is 1. The molecular weight excluding hydrogens is 376 g/mol. The van der Waals surface area contributed by atoms with E-state index in [1.54, 1.807) is 34.8 Å². The number of hydrogen-bond acceptors (Lipinski definition) is 4. The van der Waals surface area contributed by atoms with Crippen molar-refractivity contribution < 1.29 is 13.2 Å². The molecule has 2 aromatic rings. The number of rotatable bonds is 6.